The quantitative estimate of drug-likeness (QED) is 0.910. The van der Waals surface area contributed by atoms with Crippen LogP contribution in [0.2, 0.25) is 0 Å². The van der Waals surface area contributed by atoms with Crippen LogP contribution in [-0.4, -0.2) is 34.4 Å². The average molecular weight is 294 g/mol. The van der Waals surface area contributed by atoms with Crippen LogP contribution < -0.4 is 5.32 Å². The normalized spacial score (nSPS) is 28.1. The molecule has 0 saturated carbocycles. The molecule has 0 radical (unpaired) electrons. The van der Waals surface area contributed by atoms with Crippen molar-refractivity contribution >= 4 is 17.7 Å². The number of carbonyl (C=O) groups excluding carboxylic acids is 1. The molecule has 2 saturated heterocycles. The number of carbonyl (C=O) groups is 1. The van der Waals surface area contributed by atoms with Gasteiger partial charge in [0, 0.05) is 6.04 Å². The van der Waals surface area contributed by atoms with Crippen molar-refractivity contribution in [2.75, 3.05) is 11.5 Å². The molecule has 2 aliphatic heterocycles. The topological polar surface area (TPSA) is 32.3 Å². The van der Waals surface area contributed by atoms with E-state index in [9.17, 15) is 9.18 Å². The van der Waals surface area contributed by atoms with E-state index in [1.165, 1.54) is 12.1 Å². The van der Waals surface area contributed by atoms with Crippen LogP contribution in [0.5, 0.6) is 0 Å². The van der Waals surface area contributed by atoms with Crippen molar-refractivity contribution in [1.82, 2.24) is 10.2 Å². The number of halogens is 1. The Morgan fingerprint density at radius 1 is 1.35 bits per heavy atom. The number of nitrogens with zero attached hydrogens (tertiary/aromatic N) is 1. The van der Waals surface area contributed by atoms with Crippen molar-refractivity contribution in [3.63, 3.8) is 0 Å². The lowest BCUT2D eigenvalue weighted by molar-refractivity contribution is -0.132. The molecule has 1 amide bonds. The van der Waals surface area contributed by atoms with Crippen LogP contribution in [-0.2, 0) is 4.79 Å². The molecular weight excluding hydrogens is 275 g/mol. The molecule has 5 heteroatoms. The lowest BCUT2D eigenvalue weighted by Crippen LogP contribution is -2.42. The second-order valence-corrected chi connectivity index (χ2v) is 6.66. The second kappa shape index (κ2) is 5.74. The van der Waals surface area contributed by atoms with E-state index in [4.69, 9.17) is 0 Å². The van der Waals surface area contributed by atoms with Gasteiger partial charge >= 0.3 is 0 Å². The van der Waals surface area contributed by atoms with Crippen molar-refractivity contribution in [2.45, 2.75) is 38.0 Å². The third-order valence-electron chi connectivity index (χ3n) is 4.06. The van der Waals surface area contributed by atoms with Crippen molar-refractivity contribution in [2.24, 2.45) is 0 Å². The Morgan fingerprint density at radius 2 is 2.10 bits per heavy atom. The Labute approximate surface area is 122 Å². The van der Waals surface area contributed by atoms with Crippen LogP contribution in [0.15, 0.2) is 24.3 Å². The molecule has 0 bridgehead atoms. The summed E-state index contributed by atoms with van der Waals surface area (Å²) < 4.78 is 13.4. The smallest absolute Gasteiger partial charge is 0.241 e. The molecule has 108 valence electrons. The Balaban J connectivity index is 1.89. The maximum Gasteiger partial charge on any atom is 0.241 e. The monoisotopic (exact) mass is 294 g/mol. The maximum atomic E-state index is 13.4. The van der Waals surface area contributed by atoms with Crippen LogP contribution in [0, 0.1) is 5.82 Å². The molecule has 2 aliphatic rings. The molecule has 2 fully saturated rings. The Kier molecular flexibility index (Phi) is 3.98. The summed E-state index contributed by atoms with van der Waals surface area (Å²) >= 11 is 1.94. The Hall–Kier alpha value is -1.07. The molecule has 0 spiro atoms. The molecule has 1 aromatic carbocycles. The van der Waals surface area contributed by atoms with Crippen molar-refractivity contribution in [1.29, 1.82) is 0 Å². The van der Waals surface area contributed by atoms with Gasteiger partial charge in [0.2, 0.25) is 5.91 Å². The van der Waals surface area contributed by atoms with Crippen LogP contribution in [0.25, 0.3) is 0 Å². The predicted molar refractivity (Wildman–Crippen MR) is 78.9 cm³/mol. The first-order valence-corrected chi connectivity index (χ1v) is 8.24. The molecule has 3 rings (SSSR count). The van der Waals surface area contributed by atoms with Gasteiger partial charge in [-0.15, -0.1) is 0 Å². The molecule has 2 unspecified atom stereocenters. The van der Waals surface area contributed by atoms with Gasteiger partial charge in [-0.05, 0) is 49.0 Å². The van der Waals surface area contributed by atoms with E-state index in [1.54, 1.807) is 6.07 Å². The minimum atomic E-state index is -0.254. The fourth-order valence-electron chi connectivity index (χ4n) is 3.03. The number of hydrogen-bond donors (Lipinski definition) is 1. The van der Waals surface area contributed by atoms with E-state index in [0.717, 1.165) is 29.9 Å². The average Bonchev–Trinajstić information content (AvgIpc) is 2.76. The molecule has 2 heterocycles. The second-order valence-electron chi connectivity index (χ2n) is 5.43. The minimum Gasteiger partial charge on any atom is -0.319 e. The van der Waals surface area contributed by atoms with Gasteiger partial charge in [0.1, 0.15) is 12.0 Å². The zero-order valence-electron chi connectivity index (χ0n) is 11.5. The van der Waals surface area contributed by atoms with Gasteiger partial charge in [-0.1, -0.05) is 12.1 Å². The number of benzene rings is 1. The highest BCUT2D eigenvalue weighted by molar-refractivity contribution is 7.99. The third-order valence-corrected chi connectivity index (χ3v) is 5.11. The number of nitrogens with one attached hydrogen (secondary N) is 1. The molecule has 1 aromatic rings. The van der Waals surface area contributed by atoms with Gasteiger partial charge in [-0.25, -0.2) is 4.39 Å². The molecule has 1 N–H and O–H groups in total. The summed E-state index contributed by atoms with van der Waals surface area (Å²) in [6.07, 6.45) is 1.86. The van der Waals surface area contributed by atoms with Crippen molar-refractivity contribution < 1.29 is 9.18 Å². The third kappa shape index (κ3) is 2.56. The zero-order valence-corrected chi connectivity index (χ0v) is 12.3. The molecule has 20 heavy (non-hydrogen) atoms. The summed E-state index contributed by atoms with van der Waals surface area (Å²) in [5.41, 5.74) is 0.834. The molecule has 2 atom stereocenters. The molecule has 0 aliphatic carbocycles. The summed E-state index contributed by atoms with van der Waals surface area (Å²) in [5.74, 6) is 2.07. The highest BCUT2D eigenvalue weighted by Gasteiger charge is 2.41. The van der Waals surface area contributed by atoms with Gasteiger partial charge in [0.25, 0.3) is 0 Å². The van der Waals surface area contributed by atoms with Crippen LogP contribution in [0.4, 0.5) is 4.39 Å². The number of amides is 1. The first-order chi connectivity index (χ1) is 9.66. The van der Waals surface area contributed by atoms with E-state index in [-0.39, 0.29) is 30.0 Å². The number of thioether (sulfide) groups is 1. The highest BCUT2D eigenvalue weighted by atomic mass is 32.2. The Morgan fingerprint density at radius 3 is 2.80 bits per heavy atom. The first kappa shape index (κ1) is 13.9. The van der Waals surface area contributed by atoms with E-state index in [1.807, 2.05) is 29.7 Å². The fraction of sp³-hybridized carbons (Fsp3) is 0.533. The highest BCUT2D eigenvalue weighted by Crippen LogP contribution is 2.33. The number of hydrogen-bond acceptors (Lipinski definition) is 3. The van der Waals surface area contributed by atoms with E-state index in [2.05, 4.69) is 5.32 Å². The van der Waals surface area contributed by atoms with Crippen LogP contribution in [0.1, 0.15) is 31.5 Å². The minimum absolute atomic E-state index is 0.135. The van der Waals surface area contributed by atoms with Crippen molar-refractivity contribution in [3.8, 4) is 0 Å². The van der Waals surface area contributed by atoms with E-state index in [0.29, 0.717) is 0 Å². The lowest BCUT2D eigenvalue weighted by Gasteiger charge is -2.35. The Bertz CT molecular complexity index is 504. The van der Waals surface area contributed by atoms with Crippen LogP contribution in [0.3, 0.4) is 0 Å². The first-order valence-electron chi connectivity index (χ1n) is 7.08. The largest absolute Gasteiger partial charge is 0.319 e. The summed E-state index contributed by atoms with van der Waals surface area (Å²) in [7, 11) is 0. The summed E-state index contributed by atoms with van der Waals surface area (Å²) in [6, 6.07) is 6.62. The van der Waals surface area contributed by atoms with Gasteiger partial charge in [-0.3, -0.25) is 10.1 Å². The fourth-order valence-corrected chi connectivity index (χ4v) is 4.11. The maximum absolute atomic E-state index is 13.4. The lowest BCUT2D eigenvalue weighted by atomic mass is 10.1. The van der Waals surface area contributed by atoms with E-state index >= 15 is 0 Å². The SMILES string of the molecule is CC1NC(c2cccc(F)c2)N(C2CCSCC2)C1=O. The number of rotatable bonds is 2. The molecule has 0 aromatic heterocycles. The predicted octanol–water partition coefficient (Wildman–Crippen LogP) is 2.54. The standard InChI is InChI=1S/C15H19FN2OS/c1-10-15(19)18(13-5-7-20-8-6-13)14(17-10)11-3-2-4-12(16)9-11/h2-4,9-10,13-14,17H,5-8H2,1H3. The van der Waals surface area contributed by atoms with Gasteiger partial charge < -0.3 is 4.90 Å². The molecular formula is C15H19FN2OS. The summed E-state index contributed by atoms with van der Waals surface area (Å²) in [5, 5.41) is 3.30. The van der Waals surface area contributed by atoms with Crippen LogP contribution >= 0.6 is 11.8 Å². The van der Waals surface area contributed by atoms with Crippen molar-refractivity contribution in [3.05, 3.63) is 35.6 Å². The molecule has 3 nitrogen and oxygen atoms in total. The van der Waals surface area contributed by atoms with Gasteiger partial charge in [-0.2, -0.15) is 11.8 Å². The van der Waals surface area contributed by atoms with E-state index < -0.39 is 0 Å². The van der Waals surface area contributed by atoms with Gasteiger partial charge in [0.15, 0.2) is 0 Å². The zero-order chi connectivity index (χ0) is 14.1. The summed E-state index contributed by atoms with van der Waals surface area (Å²) in [6.45, 7) is 1.88. The van der Waals surface area contributed by atoms with Gasteiger partial charge in [0.05, 0.1) is 6.04 Å². The summed E-state index contributed by atoms with van der Waals surface area (Å²) in [4.78, 5) is 14.4.